The number of aromatic nitrogens is 4. The largest absolute Gasteiger partial charge is 0.352 e. The van der Waals surface area contributed by atoms with Crippen molar-refractivity contribution in [2.75, 3.05) is 18.4 Å². The normalized spacial score (nSPS) is 11.0. The molecule has 0 aliphatic heterocycles. The molecule has 4 aromatic rings. The van der Waals surface area contributed by atoms with E-state index in [0.29, 0.717) is 30.4 Å². The van der Waals surface area contributed by atoms with Gasteiger partial charge in [0, 0.05) is 24.0 Å². The molecule has 0 unspecified atom stereocenters. The van der Waals surface area contributed by atoms with Crippen LogP contribution in [-0.4, -0.2) is 38.6 Å². The SMILES string of the molecule is Cc1nc2c3ccccc3nc(NCCNC(=O)c3ccccc3)n2n1. The van der Waals surface area contributed by atoms with E-state index < -0.39 is 0 Å². The second-order valence-corrected chi connectivity index (χ2v) is 5.90. The van der Waals surface area contributed by atoms with E-state index in [0.717, 1.165) is 16.6 Å². The number of carbonyl (C=O) groups is 1. The van der Waals surface area contributed by atoms with Gasteiger partial charge in [-0.05, 0) is 31.2 Å². The molecular formula is C19H18N6O. The van der Waals surface area contributed by atoms with Gasteiger partial charge in [-0.15, -0.1) is 5.10 Å². The molecular weight excluding hydrogens is 328 g/mol. The van der Waals surface area contributed by atoms with Gasteiger partial charge in [-0.25, -0.2) is 9.97 Å². The zero-order valence-electron chi connectivity index (χ0n) is 14.3. The van der Waals surface area contributed by atoms with Gasteiger partial charge >= 0.3 is 0 Å². The number of nitrogens with zero attached hydrogens (tertiary/aromatic N) is 4. The zero-order valence-corrected chi connectivity index (χ0v) is 14.3. The Hall–Kier alpha value is -3.48. The van der Waals surface area contributed by atoms with Crippen molar-refractivity contribution >= 4 is 28.4 Å². The number of hydrogen-bond acceptors (Lipinski definition) is 5. The van der Waals surface area contributed by atoms with E-state index in [-0.39, 0.29) is 5.91 Å². The van der Waals surface area contributed by atoms with Crippen molar-refractivity contribution in [1.82, 2.24) is 24.9 Å². The lowest BCUT2D eigenvalue weighted by atomic mass is 10.2. The Morgan fingerprint density at radius 2 is 1.77 bits per heavy atom. The molecule has 0 atom stereocenters. The Kier molecular flexibility index (Phi) is 4.18. The molecule has 0 saturated carbocycles. The Labute approximate surface area is 150 Å². The van der Waals surface area contributed by atoms with E-state index in [1.807, 2.05) is 49.4 Å². The molecule has 0 saturated heterocycles. The van der Waals surface area contributed by atoms with E-state index in [1.165, 1.54) is 0 Å². The van der Waals surface area contributed by atoms with Crippen LogP contribution < -0.4 is 10.6 Å². The first-order chi connectivity index (χ1) is 12.7. The highest BCUT2D eigenvalue weighted by atomic mass is 16.1. The van der Waals surface area contributed by atoms with Crippen molar-refractivity contribution in [3.63, 3.8) is 0 Å². The summed E-state index contributed by atoms with van der Waals surface area (Å²) in [6, 6.07) is 17.0. The second kappa shape index (κ2) is 6.79. The first kappa shape index (κ1) is 16.0. The number of benzene rings is 2. The maximum atomic E-state index is 12.1. The average Bonchev–Trinajstić information content (AvgIpc) is 3.07. The fourth-order valence-corrected chi connectivity index (χ4v) is 2.82. The summed E-state index contributed by atoms with van der Waals surface area (Å²) in [5.74, 6) is 1.19. The third kappa shape index (κ3) is 3.06. The van der Waals surface area contributed by atoms with E-state index in [9.17, 15) is 4.79 Å². The maximum absolute atomic E-state index is 12.1. The van der Waals surface area contributed by atoms with Crippen molar-refractivity contribution < 1.29 is 4.79 Å². The molecule has 0 fully saturated rings. The van der Waals surface area contributed by atoms with Gasteiger partial charge in [0.05, 0.1) is 5.52 Å². The molecule has 0 spiro atoms. The van der Waals surface area contributed by atoms with Crippen LogP contribution in [-0.2, 0) is 0 Å². The van der Waals surface area contributed by atoms with Gasteiger partial charge < -0.3 is 10.6 Å². The summed E-state index contributed by atoms with van der Waals surface area (Å²) in [5.41, 5.74) is 2.26. The van der Waals surface area contributed by atoms with E-state index >= 15 is 0 Å². The number of aryl methyl sites for hydroxylation is 1. The van der Waals surface area contributed by atoms with Gasteiger partial charge in [-0.2, -0.15) is 4.52 Å². The van der Waals surface area contributed by atoms with Crippen LogP contribution in [0.25, 0.3) is 16.6 Å². The van der Waals surface area contributed by atoms with Crippen molar-refractivity contribution in [3.05, 3.63) is 66.0 Å². The standard InChI is InChI=1S/C19H18N6O/c1-13-22-17-15-9-5-6-10-16(15)23-19(25(17)24-13)21-12-11-20-18(26)14-7-3-2-4-8-14/h2-10H,11-12H2,1H3,(H,20,26)(H,21,23). The van der Waals surface area contributed by atoms with Gasteiger partial charge in [0.15, 0.2) is 5.65 Å². The molecule has 0 bridgehead atoms. The number of carbonyl (C=O) groups excluding carboxylic acids is 1. The second-order valence-electron chi connectivity index (χ2n) is 5.90. The van der Waals surface area contributed by atoms with Gasteiger partial charge in [0.25, 0.3) is 5.91 Å². The topological polar surface area (TPSA) is 84.2 Å². The molecule has 2 aromatic heterocycles. The van der Waals surface area contributed by atoms with E-state index in [1.54, 1.807) is 16.6 Å². The van der Waals surface area contributed by atoms with Crippen LogP contribution in [0.5, 0.6) is 0 Å². The van der Waals surface area contributed by atoms with Gasteiger partial charge in [-0.1, -0.05) is 30.3 Å². The highest BCUT2D eigenvalue weighted by Crippen LogP contribution is 2.20. The smallest absolute Gasteiger partial charge is 0.251 e. The summed E-state index contributed by atoms with van der Waals surface area (Å²) in [6.07, 6.45) is 0. The number of anilines is 1. The quantitative estimate of drug-likeness (QED) is 0.542. The zero-order chi connectivity index (χ0) is 17.9. The lowest BCUT2D eigenvalue weighted by Crippen LogP contribution is -2.29. The Morgan fingerprint density at radius 1 is 1.00 bits per heavy atom. The van der Waals surface area contributed by atoms with Gasteiger partial charge in [-0.3, -0.25) is 4.79 Å². The van der Waals surface area contributed by atoms with Crippen molar-refractivity contribution in [2.24, 2.45) is 0 Å². The third-order valence-corrected chi connectivity index (χ3v) is 4.01. The molecule has 2 aromatic carbocycles. The van der Waals surface area contributed by atoms with Crippen molar-refractivity contribution in [3.8, 4) is 0 Å². The molecule has 7 heteroatoms. The van der Waals surface area contributed by atoms with Crippen LogP contribution in [0.2, 0.25) is 0 Å². The van der Waals surface area contributed by atoms with Crippen LogP contribution >= 0.6 is 0 Å². The number of hydrogen-bond donors (Lipinski definition) is 2. The minimum Gasteiger partial charge on any atom is -0.352 e. The minimum absolute atomic E-state index is 0.0967. The molecule has 7 nitrogen and oxygen atoms in total. The summed E-state index contributed by atoms with van der Waals surface area (Å²) in [6.45, 7) is 2.85. The molecule has 2 N–H and O–H groups in total. The van der Waals surface area contributed by atoms with Crippen molar-refractivity contribution in [2.45, 2.75) is 6.92 Å². The van der Waals surface area contributed by atoms with E-state index in [2.05, 4.69) is 25.7 Å². The fourth-order valence-electron chi connectivity index (χ4n) is 2.82. The summed E-state index contributed by atoms with van der Waals surface area (Å²) in [5, 5.41) is 11.5. The summed E-state index contributed by atoms with van der Waals surface area (Å²) in [4.78, 5) is 21.2. The number of rotatable bonds is 5. The number of fused-ring (bicyclic) bond motifs is 3. The fraction of sp³-hybridized carbons (Fsp3) is 0.158. The Bertz CT molecular complexity index is 1070. The van der Waals surface area contributed by atoms with Crippen molar-refractivity contribution in [1.29, 1.82) is 0 Å². The van der Waals surface area contributed by atoms with Crippen LogP contribution in [0.15, 0.2) is 54.6 Å². The van der Waals surface area contributed by atoms with Crippen LogP contribution in [0.1, 0.15) is 16.2 Å². The minimum atomic E-state index is -0.0967. The molecule has 0 radical (unpaired) electrons. The highest BCUT2D eigenvalue weighted by Gasteiger charge is 2.11. The molecule has 0 aliphatic carbocycles. The monoisotopic (exact) mass is 346 g/mol. The number of amides is 1. The first-order valence-corrected chi connectivity index (χ1v) is 8.41. The van der Waals surface area contributed by atoms with Crippen LogP contribution in [0.4, 0.5) is 5.95 Å². The van der Waals surface area contributed by atoms with Crippen LogP contribution in [0.3, 0.4) is 0 Å². The molecule has 1 amide bonds. The third-order valence-electron chi connectivity index (χ3n) is 4.01. The number of nitrogens with one attached hydrogen (secondary N) is 2. The van der Waals surface area contributed by atoms with Crippen LogP contribution in [0, 0.1) is 6.92 Å². The molecule has 0 aliphatic rings. The predicted molar refractivity (Wildman–Crippen MR) is 100 cm³/mol. The molecule has 130 valence electrons. The Morgan fingerprint density at radius 3 is 2.62 bits per heavy atom. The average molecular weight is 346 g/mol. The highest BCUT2D eigenvalue weighted by molar-refractivity contribution is 5.94. The molecule has 2 heterocycles. The number of para-hydroxylation sites is 1. The molecule has 26 heavy (non-hydrogen) atoms. The maximum Gasteiger partial charge on any atom is 0.251 e. The molecule has 4 rings (SSSR count). The first-order valence-electron chi connectivity index (χ1n) is 8.41. The predicted octanol–water partition coefficient (Wildman–Crippen LogP) is 2.43. The van der Waals surface area contributed by atoms with Gasteiger partial charge in [0.2, 0.25) is 5.95 Å². The summed E-state index contributed by atoms with van der Waals surface area (Å²) < 4.78 is 1.71. The Balaban J connectivity index is 1.49. The lowest BCUT2D eigenvalue weighted by Gasteiger charge is -2.10. The lowest BCUT2D eigenvalue weighted by molar-refractivity contribution is 0.0955. The van der Waals surface area contributed by atoms with E-state index in [4.69, 9.17) is 0 Å². The summed E-state index contributed by atoms with van der Waals surface area (Å²) in [7, 11) is 0. The van der Waals surface area contributed by atoms with Gasteiger partial charge in [0.1, 0.15) is 5.82 Å². The summed E-state index contributed by atoms with van der Waals surface area (Å²) >= 11 is 0.